The first-order chi connectivity index (χ1) is 11.3. The van der Waals surface area contributed by atoms with Crippen LogP contribution in [0.1, 0.15) is 52.9 Å². The molecule has 1 unspecified atom stereocenters. The van der Waals surface area contributed by atoms with E-state index in [1.165, 1.54) is 6.42 Å². The molecule has 1 N–H and O–H groups in total. The van der Waals surface area contributed by atoms with Crippen LogP contribution >= 0.6 is 11.6 Å². The van der Waals surface area contributed by atoms with Crippen LogP contribution in [-0.4, -0.2) is 44.9 Å². The lowest BCUT2D eigenvalue weighted by molar-refractivity contribution is -0.0199. The number of rotatable bonds is 2. The second-order valence-corrected chi connectivity index (χ2v) is 8.07. The molecule has 2 aliphatic heterocycles. The van der Waals surface area contributed by atoms with Crippen LogP contribution in [0.2, 0.25) is 5.15 Å². The molecule has 1 aromatic rings. The summed E-state index contributed by atoms with van der Waals surface area (Å²) in [5.74, 6) is 0.730. The van der Waals surface area contributed by atoms with Gasteiger partial charge in [-0.05, 0) is 65.0 Å². The van der Waals surface area contributed by atoms with Crippen LogP contribution in [-0.2, 0) is 4.74 Å². The minimum Gasteiger partial charge on any atom is -0.444 e. The van der Waals surface area contributed by atoms with Crippen molar-refractivity contribution in [2.45, 2.75) is 76.6 Å². The number of ether oxygens (including phenoxy) is 1. The minimum absolute atomic E-state index is 0.179. The largest absolute Gasteiger partial charge is 0.444 e. The predicted molar refractivity (Wildman–Crippen MR) is 93.2 cm³/mol. The van der Waals surface area contributed by atoms with Crippen LogP contribution in [0.5, 0.6) is 0 Å². The molecule has 3 heterocycles. The second-order valence-electron chi connectivity index (χ2n) is 7.68. The van der Waals surface area contributed by atoms with Crippen molar-refractivity contribution < 1.29 is 9.53 Å². The van der Waals surface area contributed by atoms with E-state index in [0.29, 0.717) is 5.15 Å². The average Bonchev–Trinajstić information content (AvgIpc) is 2.47. The highest BCUT2D eigenvalue weighted by Gasteiger charge is 2.42. The van der Waals surface area contributed by atoms with Gasteiger partial charge in [0.15, 0.2) is 5.15 Å². The Morgan fingerprint density at radius 2 is 1.92 bits per heavy atom. The number of anilines is 1. The molecule has 1 aromatic heterocycles. The SMILES string of the molecule is CC(C)(C)OC(=O)N1[C@@H]2CCC[C@H]1CC(Nc1ccc(Cl)nn1)C2. The Labute approximate surface area is 147 Å². The van der Waals surface area contributed by atoms with Crippen LogP contribution in [0.3, 0.4) is 0 Å². The molecule has 2 bridgehead atoms. The monoisotopic (exact) mass is 352 g/mol. The van der Waals surface area contributed by atoms with Gasteiger partial charge in [-0.15, -0.1) is 10.2 Å². The lowest BCUT2D eigenvalue weighted by Gasteiger charge is -2.48. The number of hydrogen-bond donors (Lipinski definition) is 1. The first kappa shape index (κ1) is 17.3. The van der Waals surface area contributed by atoms with Gasteiger partial charge in [0.1, 0.15) is 11.4 Å². The summed E-state index contributed by atoms with van der Waals surface area (Å²) in [6, 6.07) is 4.31. The van der Waals surface area contributed by atoms with Crippen molar-refractivity contribution in [1.29, 1.82) is 0 Å². The van der Waals surface area contributed by atoms with Gasteiger partial charge in [0.05, 0.1) is 0 Å². The Morgan fingerprint density at radius 1 is 1.25 bits per heavy atom. The molecule has 3 rings (SSSR count). The normalized spacial score (nSPS) is 26.8. The third-order valence-electron chi connectivity index (χ3n) is 4.56. The molecule has 2 saturated heterocycles. The molecule has 132 valence electrons. The molecule has 0 saturated carbocycles. The van der Waals surface area contributed by atoms with Crippen molar-refractivity contribution in [2.24, 2.45) is 0 Å². The maximum atomic E-state index is 12.6. The summed E-state index contributed by atoms with van der Waals surface area (Å²) in [5.41, 5.74) is -0.459. The lowest BCUT2D eigenvalue weighted by atomic mass is 9.82. The first-order valence-electron chi connectivity index (χ1n) is 8.59. The lowest BCUT2D eigenvalue weighted by Crippen LogP contribution is -2.58. The molecule has 0 aromatic carbocycles. The van der Waals surface area contributed by atoms with Gasteiger partial charge in [-0.25, -0.2) is 4.79 Å². The van der Waals surface area contributed by atoms with Gasteiger partial charge < -0.3 is 15.0 Å². The summed E-state index contributed by atoms with van der Waals surface area (Å²) in [7, 11) is 0. The van der Waals surface area contributed by atoms with E-state index in [4.69, 9.17) is 16.3 Å². The van der Waals surface area contributed by atoms with Gasteiger partial charge in [-0.2, -0.15) is 0 Å². The summed E-state index contributed by atoms with van der Waals surface area (Å²) in [6.07, 6.45) is 4.85. The molecule has 7 heteroatoms. The Kier molecular flexibility index (Phi) is 4.85. The zero-order chi connectivity index (χ0) is 17.3. The highest BCUT2D eigenvalue weighted by Crippen LogP contribution is 2.36. The molecular formula is C17H25ClN4O2. The standard InChI is InChI=1S/C17H25ClN4O2/c1-17(2,3)24-16(23)22-12-5-4-6-13(22)10-11(9-12)19-15-8-7-14(18)20-21-15/h7-8,11-13H,4-6,9-10H2,1-3H3,(H,19,21)/t11?,12-,13+. The molecule has 24 heavy (non-hydrogen) atoms. The smallest absolute Gasteiger partial charge is 0.410 e. The number of fused-ring (bicyclic) bond motifs is 2. The fraction of sp³-hybridized carbons (Fsp3) is 0.706. The fourth-order valence-corrected chi connectivity index (χ4v) is 3.81. The van der Waals surface area contributed by atoms with E-state index < -0.39 is 5.60 Å². The van der Waals surface area contributed by atoms with E-state index in [2.05, 4.69) is 15.5 Å². The van der Waals surface area contributed by atoms with Crippen molar-refractivity contribution in [3.8, 4) is 0 Å². The number of hydrogen-bond acceptors (Lipinski definition) is 5. The Hall–Kier alpha value is -1.56. The van der Waals surface area contributed by atoms with Crippen molar-refractivity contribution in [3.63, 3.8) is 0 Å². The van der Waals surface area contributed by atoms with Crippen LogP contribution in [0.15, 0.2) is 12.1 Å². The Morgan fingerprint density at radius 3 is 2.46 bits per heavy atom. The number of carbonyl (C=O) groups is 1. The third-order valence-corrected chi connectivity index (χ3v) is 4.76. The van der Waals surface area contributed by atoms with Crippen molar-refractivity contribution in [2.75, 3.05) is 5.32 Å². The van der Waals surface area contributed by atoms with E-state index in [0.717, 1.165) is 31.5 Å². The van der Waals surface area contributed by atoms with Gasteiger partial charge in [0, 0.05) is 18.1 Å². The molecule has 0 aliphatic carbocycles. The van der Waals surface area contributed by atoms with Crippen molar-refractivity contribution >= 4 is 23.5 Å². The van der Waals surface area contributed by atoms with Crippen molar-refractivity contribution in [3.05, 3.63) is 17.3 Å². The number of nitrogens with one attached hydrogen (secondary N) is 1. The highest BCUT2D eigenvalue weighted by molar-refractivity contribution is 6.29. The summed E-state index contributed by atoms with van der Waals surface area (Å²) < 4.78 is 5.61. The molecule has 2 fully saturated rings. The zero-order valence-corrected chi connectivity index (χ0v) is 15.2. The number of piperidine rings is 2. The minimum atomic E-state index is -0.459. The van der Waals surface area contributed by atoms with E-state index in [9.17, 15) is 4.79 Å². The summed E-state index contributed by atoms with van der Waals surface area (Å²) in [4.78, 5) is 14.5. The van der Waals surface area contributed by atoms with Crippen LogP contribution < -0.4 is 5.32 Å². The van der Waals surface area contributed by atoms with Crippen LogP contribution in [0.4, 0.5) is 10.6 Å². The molecule has 2 aliphatic rings. The number of carbonyl (C=O) groups excluding carboxylic acids is 1. The topological polar surface area (TPSA) is 67.3 Å². The van der Waals surface area contributed by atoms with E-state index in [1.807, 2.05) is 31.7 Å². The zero-order valence-electron chi connectivity index (χ0n) is 14.5. The molecule has 3 atom stereocenters. The molecule has 1 amide bonds. The van der Waals surface area contributed by atoms with Gasteiger partial charge >= 0.3 is 6.09 Å². The average molecular weight is 353 g/mol. The maximum absolute atomic E-state index is 12.6. The number of halogens is 1. The van der Waals surface area contributed by atoms with E-state index in [1.54, 1.807) is 6.07 Å². The first-order valence-corrected chi connectivity index (χ1v) is 8.97. The van der Waals surface area contributed by atoms with Crippen LogP contribution in [0.25, 0.3) is 0 Å². The fourth-order valence-electron chi connectivity index (χ4n) is 3.71. The number of amides is 1. The molecule has 0 radical (unpaired) electrons. The van der Waals surface area contributed by atoms with Gasteiger partial charge in [-0.3, -0.25) is 0 Å². The highest BCUT2D eigenvalue weighted by atomic mass is 35.5. The van der Waals surface area contributed by atoms with Gasteiger partial charge in [0.2, 0.25) is 0 Å². The second kappa shape index (κ2) is 6.75. The van der Waals surface area contributed by atoms with E-state index in [-0.39, 0.29) is 24.2 Å². The van der Waals surface area contributed by atoms with Gasteiger partial charge in [0.25, 0.3) is 0 Å². The Balaban J connectivity index is 1.66. The van der Waals surface area contributed by atoms with Gasteiger partial charge in [-0.1, -0.05) is 11.6 Å². The maximum Gasteiger partial charge on any atom is 0.410 e. The summed E-state index contributed by atoms with van der Waals surface area (Å²) >= 11 is 5.78. The van der Waals surface area contributed by atoms with Crippen molar-refractivity contribution in [1.82, 2.24) is 15.1 Å². The quantitative estimate of drug-likeness (QED) is 0.875. The van der Waals surface area contributed by atoms with Crippen LogP contribution in [0, 0.1) is 0 Å². The third kappa shape index (κ3) is 4.09. The molecule has 0 spiro atoms. The Bertz CT molecular complexity index is 573. The number of nitrogens with zero attached hydrogens (tertiary/aromatic N) is 3. The molecular weight excluding hydrogens is 328 g/mol. The predicted octanol–water partition coefficient (Wildman–Crippen LogP) is 3.86. The van der Waals surface area contributed by atoms with E-state index >= 15 is 0 Å². The summed E-state index contributed by atoms with van der Waals surface area (Å²) in [6.45, 7) is 5.73. The number of aromatic nitrogens is 2. The molecule has 6 nitrogen and oxygen atoms in total. The summed E-state index contributed by atoms with van der Waals surface area (Å²) in [5, 5.41) is 11.8.